The van der Waals surface area contributed by atoms with Gasteiger partial charge in [0.05, 0.1) is 0 Å². The number of likely N-dealkylation sites (tertiary alicyclic amines) is 1. The normalized spacial score (nSPS) is 29.8. The molecule has 1 heterocycles. The Morgan fingerprint density at radius 3 is 2.53 bits per heavy atom. The number of rotatable bonds is 3. The molecule has 2 aliphatic rings. The highest BCUT2D eigenvalue weighted by Gasteiger charge is 2.40. The predicted octanol–water partition coefficient (Wildman–Crippen LogP) is 2.31. The summed E-state index contributed by atoms with van der Waals surface area (Å²) in [6, 6.07) is 8.19. The second kappa shape index (κ2) is 4.39. The molecule has 2 fully saturated rings. The average Bonchev–Trinajstić information content (AvgIpc) is 3.10. The second-order valence-corrected chi connectivity index (χ2v) is 5.33. The van der Waals surface area contributed by atoms with Crippen LogP contribution in [0.1, 0.15) is 30.9 Å². The van der Waals surface area contributed by atoms with Crippen molar-refractivity contribution in [3.8, 4) is 0 Å². The Morgan fingerprint density at radius 1 is 1.24 bits per heavy atom. The van der Waals surface area contributed by atoms with E-state index in [-0.39, 0.29) is 5.82 Å². The van der Waals surface area contributed by atoms with Crippen LogP contribution >= 0.6 is 0 Å². The highest BCUT2D eigenvalue weighted by molar-refractivity contribution is 5.22. The summed E-state index contributed by atoms with van der Waals surface area (Å²) >= 11 is 0. The lowest BCUT2D eigenvalue weighted by Crippen LogP contribution is -2.27. The summed E-state index contributed by atoms with van der Waals surface area (Å²) in [7, 11) is 0. The quantitative estimate of drug-likeness (QED) is 0.869. The highest BCUT2D eigenvalue weighted by atomic mass is 19.1. The Morgan fingerprint density at radius 2 is 1.94 bits per heavy atom. The molecule has 2 unspecified atom stereocenters. The van der Waals surface area contributed by atoms with Gasteiger partial charge in [0.2, 0.25) is 0 Å². The zero-order valence-electron chi connectivity index (χ0n) is 9.98. The van der Waals surface area contributed by atoms with E-state index in [0.29, 0.717) is 12.0 Å². The maximum Gasteiger partial charge on any atom is 0.123 e. The molecule has 0 amide bonds. The molecule has 1 aliphatic heterocycles. The van der Waals surface area contributed by atoms with E-state index >= 15 is 0 Å². The van der Waals surface area contributed by atoms with Crippen molar-refractivity contribution in [3.05, 3.63) is 35.6 Å². The largest absolute Gasteiger partial charge is 0.330 e. The van der Waals surface area contributed by atoms with Crippen LogP contribution in [0.2, 0.25) is 0 Å². The van der Waals surface area contributed by atoms with Crippen LogP contribution in [0.5, 0.6) is 0 Å². The molecule has 0 aromatic heterocycles. The first-order valence-electron chi connectivity index (χ1n) is 6.49. The molecule has 1 saturated heterocycles. The van der Waals surface area contributed by atoms with Gasteiger partial charge in [0.1, 0.15) is 5.82 Å². The van der Waals surface area contributed by atoms with Crippen LogP contribution in [0.4, 0.5) is 4.39 Å². The van der Waals surface area contributed by atoms with Crippen LogP contribution in [-0.2, 0) is 0 Å². The van der Waals surface area contributed by atoms with E-state index in [1.807, 2.05) is 12.1 Å². The highest BCUT2D eigenvalue weighted by Crippen LogP contribution is 2.42. The second-order valence-electron chi connectivity index (χ2n) is 5.33. The van der Waals surface area contributed by atoms with Crippen molar-refractivity contribution < 1.29 is 4.39 Å². The maximum atomic E-state index is 13.0. The van der Waals surface area contributed by atoms with E-state index in [1.54, 1.807) is 12.1 Å². The monoisotopic (exact) mass is 234 g/mol. The predicted molar refractivity (Wildman–Crippen MR) is 66.0 cm³/mol. The van der Waals surface area contributed by atoms with Gasteiger partial charge in [0.25, 0.3) is 0 Å². The van der Waals surface area contributed by atoms with Crippen molar-refractivity contribution in [2.24, 2.45) is 11.7 Å². The minimum Gasteiger partial charge on any atom is -0.330 e. The number of hydrogen-bond acceptors (Lipinski definition) is 2. The minimum absolute atomic E-state index is 0.153. The fourth-order valence-corrected chi connectivity index (χ4v) is 2.94. The third-order valence-corrected chi connectivity index (χ3v) is 4.03. The lowest BCUT2D eigenvalue weighted by atomic mass is 10.00. The van der Waals surface area contributed by atoms with Crippen LogP contribution in [0.25, 0.3) is 0 Å². The third-order valence-electron chi connectivity index (χ3n) is 4.03. The Bertz CT molecular complexity index is 386. The number of nitrogens with two attached hydrogens (primary N) is 1. The molecule has 2 atom stereocenters. The van der Waals surface area contributed by atoms with Gasteiger partial charge in [-0.2, -0.15) is 0 Å². The Hall–Kier alpha value is -0.930. The van der Waals surface area contributed by atoms with Gasteiger partial charge in [-0.15, -0.1) is 0 Å². The topological polar surface area (TPSA) is 29.3 Å². The van der Waals surface area contributed by atoms with Gasteiger partial charge in [-0.25, -0.2) is 4.39 Å². The number of halogens is 1. The third kappa shape index (κ3) is 2.22. The Labute approximate surface area is 102 Å². The van der Waals surface area contributed by atoms with Crippen LogP contribution in [0.15, 0.2) is 24.3 Å². The summed E-state index contributed by atoms with van der Waals surface area (Å²) < 4.78 is 13.0. The fourth-order valence-electron chi connectivity index (χ4n) is 2.94. The van der Waals surface area contributed by atoms with E-state index < -0.39 is 0 Å². The van der Waals surface area contributed by atoms with E-state index in [0.717, 1.165) is 25.6 Å². The maximum absolute atomic E-state index is 13.0. The van der Waals surface area contributed by atoms with Crippen molar-refractivity contribution in [1.82, 2.24) is 4.90 Å². The van der Waals surface area contributed by atoms with E-state index in [2.05, 4.69) is 4.90 Å². The van der Waals surface area contributed by atoms with Gasteiger partial charge < -0.3 is 5.73 Å². The van der Waals surface area contributed by atoms with E-state index in [1.165, 1.54) is 18.4 Å². The summed E-state index contributed by atoms with van der Waals surface area (Å²) in [5, 5.41) is 0. The molecular formula is C14H19FN2. The lowest BCUT2D eigenvalue weighted by molar-refractivity contribution is 0.243. The molecular weight excluding hydrogens is 215 g/mol. The molecule has 2 N–H and O–H groups in total. The first kappa shape index (κ1) is 11.2. The van der Waals surface area contributed by atoms with Gasteiger partial charge in [-0.1, -0.05) is 12.1 Å². The summed E-state index contributed by atoms with van der Waals surface area (Å²) in [5.41, 5.74) is 7.04. The van der Waals surface area contributed by atoms with E-state index in [9.17, 15) is 4.39 Å². The first-order chi connectivity index (χ1) is 8.28. The van der Waals surface area contributed by atoms with E-state index in [4.69, 9.17) is 5.73 Å². The Kier molecular flexibility index (Phi) is 2.89. The molecule has 3 rings (SSSR count). The number of nitrogens with zero attached hydrogens (tertiary/aromatic N) is 1. The van der Waals surface area contributed by atoms with Crippen molar-refractivity contribution in [3.63, 3.8) is 0 Å². The molecule has 1 aromatic rings. The Balaban J connectivity index is 1.82. The molecule has 1 saturated carbocycles. The summed E-state index contributed by atoms with van der Waals surface area (Å²) in [4.78, 5) is 2.57. The summed E-state index contributed by atoms with van der Waals surface area (Å²) in [6.45, 7) is 1.88. The van der Waals surface area contributed by atoms with Gasteiger partial charge in [-0.05, 0) is 49.4 Å². The van der Waals surface area contributed by atoms with Crippen molar-refractivity contribution in [1.29, 1.82) is 0 Å². The number of hydrogen-bond donors (Lipinski definition) is 1. The molecule has 0 spiro atoms. The standard InChI is InChI=1S/C14H19FN2/c15-12-3-1-11(2-4-12)14-7-10(8-16)9-17(14)13-5-6-13/h1-4,10,13-14H,5-9,16H2. The van der Waals surface area contributed by atoms with Crippen molar-refractivity contribution >= 4 is 0 Å². The fraction of sp³-hybridized carbons (Fsp3) is 0.571. The number of benzene rings is 1. The summed E-state index contributed by atoms with van der Waals surface area (Å²) in [5.74, 6) is 0.450. The molecule has 92 valence electrons. The van der Waals surface area contributed by atoms with Crippen LogP contribution in [-0.4, -0.2) is 24.0 Å². The smallest absolute Gasteiger partial charge is 0.123 e. The van der Waals surface area contributed by atoms with Crippen LogP contribution < -0.4 is 5.73 Å². The van der Waals surface area contributed by atoms with Gasteiger partial charge in [-0.3, -0.25) is 4.90 Å². The van der Waals surface area contributed by atoms with Crippen molar-refractivity contribution in [2.75, 3.05) is 13.1 Å². The van der Waals surface area contributed by atoms with Gasteiger partial charge in [0.15, 0.2) is 0 Å². The summed E-state index contributed by atoms with van der Waals surface area (Å²) in [6.07, 6.45) is 3.75. The van der Waals surface area contributed by atoms with Crippen molar-refractivity contribution in [2.45, 2.75) is 31.3 Å². The zero-order chi connectivity index (χ0) is 11.8. The van der Waals surface area contributed by atoms with Crippen LogP contribution in [0.3, 0.4) is 0 Å². The minimum atomic E-state index is -0.153. The molecule has 1 aromatic carbocycles. The molecule has 1 aliphatic carbocycles. The van der Waals surface area contributed by atoms with Gasteiger partial charge >= 0.3 is 0 Å². The molecule has 3 heteroatoms. The molecule has 0 bridgehead atoms. The SMILES string of the molecule is NCC1CC(c2ccc(F)cc2)N(C2CC2)C1. The lowest BCUT2D eigenvalue weighted by Gasteiger charge is -2.24. The molecule has 17 heavy (non-hydrogen) atoms. The molecule has 0 radical (unpaired) electrons. The van der Waals surface area contributed by atoms with Crippen LogP contribution in [0, 0.1) is 11.7 Å². The molecule has 2 nitrogen and oxygen atoms in total. The first-order valence-corrected chi connectivity index (χ1v) is 6.49. The zero-order valence-corrected chi connectivity index (χ0v) is 9.98. The average molecular weight is 234 g/mol. The van der Waals surface area contributed by atoms with Gasteiger partial charge in [0, 0.05) is 18.6 Å².